The molecule has 1 N–H and O–H groups in total. The van der Waals surface area contributed by atoms with Gasteiger partial charge in [0.15, 0.2) is 0 Å². The maximum atomic E-state index is 14.5. The highest BCUT2D eigenvalue weighted by atomic mass is 35.5. The molecule has 140 valence electrons. The number of thioether (sulfide) groups is 1. The van der Waals surface area contributed by atoms with Crippen LogP contribution in [0, 0.1) is 5.82 Å². The summed E-state index contributed by atoms with van der Waals surface area (Å²) >= 11 is 7.56. The van der Waals surface area contributed by atoms with Crippen LogP contribution < -0.4 is 0 Å². The Morgan fingerprint density at radius 1 is 1.33 bits per heavy atom. The van der Waals surface area contributed by atoms with Gasteiger partial charge in [-0.3, -0.25) is 4.79 Å². The Bertz CT molecular complexity index is 998. The summed E-state index contributed by atoms with van der Waals surface area (Å²) in [5.41, 5.74) is 2.09. The Kier molecular flexibility index (Phi) is 5.10. The van der Waals surface area contributed by atoms with E-state index in [0.717, 1.165) is 23.1 Å². The van der Waals surface area contributed by atoms with E-state index in [4.69, 9.17) is 11.6 Å². The fraction of sp³-hybridized carbons (Fsp3) is 0.300. The first-order valence-electron chi connectivity index (χ1n) is 8.82. The van der Waals surface area contributed by atoms with Crippen LogP contribution in [0.15, 0.2) is 41.6 Å². The summed E-state index contributed by atoms with van der Waals surface area (Å²) in [6.07, 6.45) is 6.46. The maximum absolute atomic E-state index is 14.5. The largest absolute Gasteiger partial charge is 0.346 e. The van der Waals surface area contributed by atoms with Crippen molar-refractivity contribution < 1.29 is 9.18 Å². The summed E-state index contributed by atoms with van der Waals surface area (Å²) in [6, 6.07) is 7.22. The lowest BCUT2D eigenvalue weighted by atomic mass is 9.87. The van der Waals surface area contributed by atoms with Gasteiger partial charge in [-0.05, 0) is 49.3 Å². The van der Waals surface area contributed by atoms with Gasteiger partial charge in [-0.2, -0.15) is 0 Å². The van der Waals surface area contributed by atoms with E-state index in [1.807, 2.05) is 23.3 Å². The maximum Gasteiger partial charge on any atom is 0.254 e. The van der Waals surface area contributed by atoms with Crippen molar-refractivity contribution in [1.82, 2.24) is 14.9 Å². The fourth-order valence-electron chi connectivity index (χ4n) is 3.80. The Hall–Kier alpha value is -2.05. The third kappa shape index (κ3) is 3.44. The third-order valence-corrected chi connectivity index (χ3v) is 6.18. The molecular formula is C20H19ClFN3OS. The number of H-pyrrole nitrogens is 1. The van der Waals surface area contributed by atoms with Crippen LogP contribution in [0.25, 0.3) is 11.0 Å². The molecule has 1 amide bonds. The number of benzene rings is 1. The van der Waals surface area contributed by atoms with Crippen molar-refractivity contribution in [3.05, 3.63) is 58.6 Å². The minimum atomic E-state index is -0.269. The summed E-state index contributed by atoms with van der Waals surface area (Å²) in [5.74, 6) is -0.175. The quantitative estimate of drug-likeness (QED) is 0.619. The molecule has 27 heavy (non-hydrogen) atoms. The van der Waals surface area contributed by atoms with Crippen molar-refractivity contribution in [2.45, 2.75) is 23.7 Å². The zero-order chi connectivity index (χ0) is 19.0. The van der Waals surface area contributed by atoms with E-state index in [2.05, 4.69) is 9.97 Å². The monoisotopic (exact) mass is 403 g/mol. The van der Waals surface area contributed by atoms with E-state index in [0.29, 0.717) is 34.9 Å². The van der Waals surface area contributed by atoms with Crippen LogP contribution in [0.4, 0.5) is 4.39 Å². The predicted molar refractivity (Wildman–Crippen MR) is 107 cm³/mol. The van der Waals surface area contributed by atoms with Crippen molar-refractivity contribution in [2.24, 2.45) is 0 Å². The molecule has 0 radical (unpaired) electrons. The van der Waals surface area contributed by atoms with Crippen LogP contribution in [-0.4, -0.2) is 40.1 Å². The van der Waals surface area contributed by atoms with E-state index in [-0.39, 0.29) is 17.6 Å². The van der Waals surface area contributed by atoms with E-state index < -0.39 is 0 Å². The summed E-state index contributed by atoms with van der Waals surface area (Å²) in [7, 11) is 0. The summed E-state index contributed by atoms with van der Waals surface area (Å²) < 4.78 is 14.5. The van der Waals surface area contributed by atoms with Gasteiger partial charge in [0, 0.05) is 40.2 Å². The van der Waals surface area contributed by atoms with Crippen LogP contribution in [0.1, 0.15) is 34.7 Å². The highest BCUT2D eigenvalue weighted by Gasteiger charge is 2.28. The Labute approximate surface area is 166 Å². The molecule has 7 heteroatoms. The third-order valence-electron chi connectivity index (χ3n) is 5.16. The molecule has 1 fully saturated rings. The van der Waals surface area contributed by atoms with Gasteiger partial charge in [0.2, 0.25) is 0 Å². The Morgan fingerprint density at radius 3 is 2.85 bits per heavy atom. The van der Waals surface area contributed by atoms with Crippen molar-refractivity contribution in [2.75, 3.05) is 19.3 Å². The van der Waals surface area contributed by atoms with Crippen molar-refractivity contribution in [3.8, 4) is 0 Å². The molecule has 0 aliphatic carbocycles. The molecule has 0 saturated carbocycles. The lowest BCUT2D eigenvalue weighted by Crippen LogP contribution is -2.38. The predicted octanol–water partition coefficient (Wildman–Crippen LogP) is 5.10. The molecule has 3 heterocycles. The molecule has 1 aromatic carbocycles. The molecule has 3 aromatic rings. The second-order valence-electron chi connectivity index (χ2n) is 6.67. The highest BCUT2D eigenvalue weighted by Crippen LogP contribution is 2.35. The van der Waals surface area contributed by atoms with Crippen LogP contribution in [0.3, 0.4) is 0 Å². The molecule has 4 rings (SSSR count). The molecule has 2 aromatic heterocycles. The number of nitrogens with one attached hydrogen (secondary N) is 1. The van der Waals surface area contributed by atoms with E-state index >= 15 is 0 Å². The lowest BCUT2D eigenvalue weighted by Gasteiger charge is -2.33. The number of carbonyl (C=O) groups is 1. The number of hydrogen-bond donors (Lipinski definition) is 1. The molecule has 0 atom stereocenters. The average Bonchev–Trinajstić information content (AvgIpc) is 3.16. The highest BCUT2D eigenvalue weighted by molar-refractivity contribution is 7.98. The number of rotatable bonds is 3. The van der Waals surface area contributed by atoms with Gasteiger partial charge in [0.1, 0.15) is 11.5 Å². The van der Waals surface area contributed by atoms with Crippen LogP contribution in [0.5, 0.6) is 0 Å². The molecule has 1 aliphatic heterocycles. The zero-order valence-electron chi connectivity index (χ0n) is 14.8. The number of piperidine rings is 1. The van der Waals surface area contributed by atoms with Gasteiger partial charge in [-0.1, -0.05) is 11.6 Å². The first-order valence-corrected chi connectivity index (χ1v) is 10.4. The molecule has 1 aliphatic rings. The second kappa shape index (κ2) is 7.52. The molecule has 0 unspecified atom stereocenters. The Balaban J connectivity index is 1.53. The number of likely N-dealkylation sites (tertiary alicyclic amines) is 1. The number of aromatic amines is 1. The van der Waals surface area contributed by atoms with Crippen molar-refractivity contribution in [3.63, 3.8) is 0 Å². The lowest BCUT2D eigenvalue weighted by molar-refractivity contribution is 0.0709. The van der Waals surface area contributed by atoms with E-state index in [9.17, 15) is 9.18 Å². The Morgan fingerprint density at radius 2 is 2.11 bits per heavy atom. The summed E-state index contributed by atoms with van der Waals surface area (Å²) in [4.78, 5) is 22.8. The summed E-state index contributed by atoms with van der Waals surface area (Å²) in [5, 5.41) is 1.46. The standard InChI is InChI=1S/C20H19ClFN3OS/c1-27-17-10-13(21)2-3-14(17)20(26)25-8-5-12(6-9-25)18-15-4-7-23-19(15)24-11-16(18)22/h2-4,7,10-12H,5-6,8-9H2,1H3,(H,23,24). The second-order valence-corrected chi connectivity index (χ2v) is 7.96. The number of nitrogens with zero attached hydrogens (tertiary/aromatic N) is 2. The number of halogens is 2. The van der Waals surface area contributed by atoms with Gasteiger partial charge < -0.3 is 9.88 Å². The van der Waals surface area contributed by atoms with E-state index in [1.54, 1.807) is 18.3 Å². The molecule has 0 spiro atoms. The first kappa shape index (κ1) is 18.3. The van der Waals surface area contributed by atoms with Crippen LogP contribution in [-0.2, 0) is 0 Å². The number of pyridine rings is 1. The van der Waals surface area contributed by atoms with Crippen LogP contribution >= 0.6 is 23.4 Å². The van der Waals surface area contributed by atoms with Crippen LogP contribution in [0.2, 0.25) is 5.02 Å². The zero-order valence-corrected chi connectivity index (χ0v) is 16.4. The smallest absolute Gasteiger partial charge is 0.254 e. The van der Waals surface area contributed by atoms with Crippen molar-refractivity contribution >= 4 is 40.3 Å². The van der Waals surface area contributed by atoms with Gasteiger partial charge in [-0.15, -0.1) is 11.8 Å². The topological polar surface area (TPSA) is 49.0 Å². The number of carbonyl (C=O) groups excluding carboxylic acids is 1. The normalized spacial score (nSPS) is 15.4. The minimum absolute atomic E-state index is 0.0106. The fourth-order valence-corrected chi connectivity index (χ4v) is 4.66. The first-order chi connectivity index (χ1) is 13.1. The SMILES string of the molecule is CSc1cc(Cl)ccc1C(=O)N1CCC(c2c(F)cnc3[nH]ccc23)CC1. The van der Waals surface area contributed by atoms with E-state index in [1.165, 1.54) is 18.0 Å². The minimum Gasteiger partial charge on any atom is -0.346 e. The van der Waals surface area contributed by atoms with Gasteiger partial charge in [-0.25, -0.2) is 9.37 Å². The molecule has 4 nitrogen and oxygen atoms in total. The number of fused-ring (bicyclic) bond motifs is 1. The molecule has 0 bridgehead atoms. The van der Waals surface area contributed by atoms with Gasteiger partial charge >= 0.3 is 0 Å². The number of hydrogen-bond acceptors (Lipinski definition) is 3. The van der Waals surface area contributed by atoms with Gasteiger partial charge in [0.05, 0.1) is 11.8 Å². The van der Waals surface area contributed by atoms with Gasteiger partial charge in [0.25, 0.3) is 5.91 Å². The summed E-state index contributed by atoms with van der Waals surface area (Å²) in [6.45, 7) is 1.21. The molecule has 1 saturated heterocycles. The van der Waals surface area contributed by atoms with Crippen molar-refractivity contribution in [1.29, 1.82) is 0 Å². The number of aromatic nitrogens is 2. The molecular weight excluding hydrogens is 385 g/mol. The number of amides is 1. The average molecular weight is 404 g/mol.